The maximum Gasteiger partial charge on any atom is 0.318 e. The topological polar surface area (TPSA) is 23.6 Å². The lowest BCUT2D eigenvalue weighted by atomic mass is 10.4. The second-order valence-electron chi connectivity index (χ2n) is 3.49. The molecule has 1 aromatic carbocycles. The van der Waals surface area contributed by atoms with Crippen LogP contribution in [0.3, 0.4) is 0 Å². The van der Waals surface area contributed by atoms with E-state index < -0.39 is 0 Å². The van der Waals surface area contributed by atoms with E-state index in [1.807, 2.05) is 12.1 Å². The third kappa shape index (κ3) is 5.83. The van der Waals surface area contributed by atoms with Crippen molar-refractivity contribution < 1.29 is 4.79 Å². The molecule has 0 radical (unpaired) electrons. The van der Waals surface area contributed by atoms with Gasteiger partial charge in [0.05, 0.1) is 10.0 Å². The third-order valence-electron chi connectivity index (χ3n) is 1.59. The molecule has 3 nitrogen and oxygen atoms in total. The molecule has 1 aromatic rings. The highest BCUT2D eigenvalue weighted by Crippen LogP contribution is 2.19. The molecule has 0 atom stereocenters. The molecule has 16 heavy (non-hydrogen) atoms. The molecule has 0 bridgehead atoms. The number of carbonyl (C=O) groups excluding carboxylic acids is 1. The van der Waals surface area contributed by atoms with E-state index in [9.17, 15) is 4.79 Å². The number of carbonyl (C=O) groups is 1. The molecule has 0 aliphatic rings. The number of benzene rings is 1. The Morgan fingerprint density at radius 2 is 1.25 bits per heavy atom. The van der Waals surface area contributed by atoms with E-state index in [2.05, 4.69) is 0 Å². The normalized spacial score (nSPS) is 8.88. The van der Waals surface area contributed by atoms with Crippen LogP contribution in [-0.2, 0) is 0 Å². The first kappa shape index (κ1) is 15.1. The van der Waals surface area contributed by atoms with E-state index in [1.165, 1.54) is 9.80 Å². The smallest absolute Gasteiger partial charge is 0.318 e. The molecule has 0 aliphatic heterocycles. The molecule has 2 amide bonds. The van der Waals surface area contributed by atoms with Crippen molar-refractivity contribution >= 4 is 29.2 Å². The minimum Gasteiger partial charge on any atom is -0.331 e. The lowest BCUT2D eigenvalue weighted by Crippen LogP contribution is -2.33. The second-order valence-corrected chi connectivity index (χ2v) is 4.30. The number of hydrogen-bond acceptors (Lipinski definition) is 1. The van der Waals surface area contributed by atoms with E-state index in [4.69, 9.17) is 23.2 Å². The quantitative estimate of drug-likeness (QED) is 0.705. The average molecular weight is 263 g/mol. The zero-order valence-electron chi connectivity index (χ0n) is 9.87. The standard InChI is InChI=1S/C6H4Cl2.C5H12N2O/c7-5-3-1-2-4-6(5)8;1-6(2)5(8)7(3)4/h1-4H;1-4H3. The van der Waals surface area contributed by atoms with Gasteiger partial charge in [-0.3, -0.25) is 0 Å². The Bertz CT molecular complexity index is 310. The van der Waals surface area contributed by atoms with E-state index in [1.54, 1.807) is 40.3 Å². The van der Waals surface area contributed by atoms with E-state index >= 15 is 0 Å². The van der Waals surface area contributed by atoms with Crippen LogP contribution in [0.2, 0.25) is 10.0 Å². The fourth-order valence-electron chi connectivity index (χ4n) is 0.839. The third-order valence-corrected chi connectivity index (χ3v) is 2.35. The highest BCUT2D eigenvalue weighted by Gasteiger charge is 2.02. The Labute approximate surface area is 107 Å². The molecule has 0 spiro atoms. The average Bonchev–Trinajstić information content (AvgIpc) is 2.22. The minimum absolute atomic E-state index is 0.0185. The number of hydrogen-bond donors (Lipinski definition) is 0. The summed E-state index contributed by atoms with van der Waals surface area (Å²) in [6, 6.07) is 7.21. The first-order chi connectivity index (χ1) is 7.36. The molecule has 0 saturated carbocycles. The maximum absolute atomic E-state index is 10.7. The van der Waals surface area contributed by atoms with Crippen LogP contribution >= 0.6 is 23.2 Å². The van der Waals surface area contributed by atoms with E-state index in [-0.39, 0.29) is 6.03 Å². The summed E-state index contributed by atoms with van der Waals surface area (Å²) < 4.78 is 0. The highest BCUT2D eigenvalue weighted by atomic mass is 35.5. The Morgan fingerprint density at radius 3 is 1.38 bits per heavy atom. The number of amides is 2. The fraction of sp³-hybridized carbons (Fsp3) is 0.364. The summed E-state index contributed by atoms with van der Waals surface area (Å²) in [5.74, 6) is 0. The molecule has 0 fully saturated rings. The van der Waals surface area contributed by atoms with Gasteiger partial charge in [-0.15, -0.1) is 0 Å². The van der Waals surface area contributed by atoms with Crippen LogP contribution in [0.5, 0.6) is 0 Å². The number of nitrogens with zero attached hydrogens (tertiary/aromatic N) is 2. The summed E-state index contributed by atoms with van der Waals surface area (Å²) in [6.07, 6.45) is 0. The van der Waals surface area contributed by atoms with Gasteiger partial charge >= 0.3 is 6.03 Å². The van der Waals surface area contributed by atoms with Gasteiger partial charge in [0.25, 0.3) is 0 Å². The van der Waals surface area contributed by atoms with Crippen LogP contribution in [0.1, 0.15) is 0 Å². The van der Waals surface area contributed by atoms with Crippen LogP contribution in [0, 0.1) is 0 Å². The predicted molar refractivity (Wildman–Crippen MR) is 69.2 cm³/mol. The predicted octanol–water partition coefficient (Wildman–Crippen LogP) is 3.22. The summed E-state index contributed by atoms with van der Waals surface area (Å²) >= 11 is 11.2. The molecule has 90 valence electrons. The van der Waals surface area contributed by atoms with Crippen LogP contribution < -0.4 is 0 Å². The van der Waals surface area contributed by atoms with E-state index in [0.29, 0.717) is 10.0 Å². The first-order valence-electron chi connectivity index (χ1n) is 4.65. The molecular weight excluding hydrogens is 247 g/mol. The van der Waals surface area contributed by atoms with Gasteiger partial charge in [0, 0.05) is 28.2 Å². The van der Waals surface area contributed by atoms with Crippen molar-refractivity contribution in [1.29, 1.82) is 0 Å². The van der Waals surface area contributed by atoms with Crippen molar-refractivity contribution in [3.8, 4) is 0 Å². The van der Waals surface area contributed by atoms with Gasteiger partial charge in [0.1, 0.15) is 0 Å². The molecule has 0 N–H and O–H groups in total. The van der Waals surface area contributed by atoms with Gasteiger partial charge in [-0.05, 0) is 12.1 Å². The van der Waals surface area contributed by atoms with Gasteiger partial charge < -0.3 is 9.80 Å². The van der Waals surface area contributed by atoms with Crippen molar-refractivity contribution in [2.24, 2.45) is 0 Å². The number of rotatable bonds is 0. The maximum atomic E-state index is 10.7. The molecule has 1 rings (SSSR count). The molecule has 0 aliphatic carbocycles. The highest BCUT2D eigenvalue weighted by molar-refractivity contribution is 6.41. The zero-order chi connectivity index (χ0) is 12.7. The summed E-state index contributed by atoms with van der Waals surface area (Å²) in [4.78, 5) is 13.8. The number of halogens is 2. The molecule has 0 heterocycles. The van der Waals surface area contributed by atoms with Gasteiger partial charge in [-0.1, -0.05) is 35.3 Å². The largest absolute Gasteiger partial charge is 0.331 e. The van der Waals surface area contributed by atoms with Crippen LogP contribution in [0.25, 0.3) is 0 Å². The van der Waals surface area contributed by atoms with Crippen molar-refractivity contribution in [3.05, 3.63) is 34.3 Å². The molecule has 0 saturated heterocycles. The first-order valence-corrected chi connectivity index (χ1v) is 5.40. The Balaban J connectivity index is 0.000000281. The molecule has 5 heteroatoms. The molecule has 0 aromatic heterocycles. The van der Waals surface area contributed by atoms with Crippen LogP contribution in [0.15, 0.2) is 24.3 Å². The van der Waals surface area contributed by atoms with Gasteiger partial charge in [0.2, 0.25) is 0 Å². The zero-order valence-corrected chi connectivity index (χ0v) is 11.4. The Kier molecular flexibility index (Phi) is 6.93. The number of urea groups is 1. The minimum atomic E-state index is 0.0185. The van der Waals surface area contributed by atoms with E-state index in [0.717, 1.165) is 0 Å². The van der Waals surface area contributed by atoms with Gasteiger partial charge in [-0.2, -0.15) is 0 Å². The van der Waals surface area contributed by atoms with Crippen LogP contribution in [0.4, 0.5) is 4.79 Å². The monoisotopic (exact) mass is 262 g/mol. The summed E-state index contributed by atoms with van der Waals surface area (Å²) in [5, 5.41) is 1.21. The lowest BCUT2D eigenvalue weighted by molar-refractivity contribution is 0.191. The molecular formula is C11H16Cl2N2O. The van der Waals surface area contributed by atoms with Crippen molar-refractivity contribution in [2.75, 3.05) is 28.2 Å². The lowest BCUT2D eigenvalue weighted by Gasteiger charge is -2.16. The van der Waals surface area contributed by atoms with Gasteiger partial charge in [0.15, 0.2) is 0 Å². The molecule has 0 unspecified atom stereocenters. The summed E-state index contributed by atoms with van der Waals surface area (Å²) in [6.45, 7) is 0. The van der Waals surface area contributed by atoms with Crippen molar-refractivity contribution in [1.82, 2.24) is 9.80 Å². The fourth-order valence-corrected chi connectivity index (χ4v) is 1.11. The van der Waals surface area contributed by atoms with Crippen molar-refractivity contribution in [3.63, 3.8) is 0 Å². The SMILES string of the molecule is CN(C)C(=O)N(C)C.Clc1ccccc1Cl. The van der Waals surface area contributed by atoms with Crippen molar-refractivity contribution in [2.45, 2.75) is 0 Å². The summed E-state index contributed by atoms with van der Waals surface area (Å²) in [5.41, 5.74) is 0. The van der Waals surface area contributed by atoms with Crippen LogP contribution in [-0.4, -0.2) is 44.0 Å². The van der Waals surface area contributed by atoms with Gasteiger partial charge in [-0.25, -0.2) is 4.79 Å². The Morgan fingerprint density at radius 1 is 0.938 bits per heavy atom. The Hall–Kier alpha value is -0.930. The summed E-state index contributed by atoms with van der Waals surface area (Å²) in [7, 11) is 6.90. The second kappa shape index (κ2) is 7.36.